The molecule has 2 saturated heterocycles. The van der Waals surface area contributed by atoms with Crippen molar-refractivity contribution in [2.24, 2.45) is 17.8 Å². The van der Waals surface area contributed by atoms with E-state index in [1.807, 2.05) is 75.1 Å². The molecule has 0 unspecified atom stereocenters. The zero-order valence-electron chi connectivity index (χ0n) is 42.5. The van der Waals surface area contributed by atoms with Crippen molar-refractivity contribution in [3.05, 3.63) is 72.2 Å². The average molecular weight is 960 g/mol. The van der Waals surface area contributed by atoms with Gasteiger partial charge in [0.1, 0.15) is 41.7 Å². The normalized spacial score (nSPS) is 33.1. The smallest absolute Gasteiger partial charge is 0.312 e. The van der Waals surface area contributed by atoms with Crippen LogP contribution in [0.3, 0.4) is 0 Å². The molecule has 1 aromatic carbocycles. The van der Waals surface area contributed by atoms with Crippen molar-refractivity contribution >= 4 is 28.8 Å². The summed E-state index contributed by atoms with van der Waals surface area (Å²) in [6, 6.07) is 14.0. The van der Waals surface area contributed by atoms with Gasteiger partial charge in [-0.05, 0) is 117 Å². The van der Waals surface area contributed by atoms with Gasteiger partial charge in [-0.1, -0.05) is 44.7 Å². The third-order valence-corrected chi connectivity index (χ3v) is 13.8. The van der Waals surface area contributed by atoms with Gasteiger partial charge in [0.05, 0.1) is 36.1 Å². The molecule has 69 heavy (non-hydrogen) atoms. The molecular weight excluding hydrogens is 883 g/mol. The van der Waals surface area contributed by atoms with Gasteiger partial charge in [0.25, 0.3) is 0 Å². The molecule has 14 atom stereocenters. The summed E-state index contributed by atoms with van der Waals surface area (Å²) in [7, 11) is 5.56. The van der Waals surface area contributed by atoms with Crippen LogP contribution in [0.2, 0.25) is 0 Å². The number of carbonyl (C=O) groups is 3. The highest BCUT2D eigenvalue weighted by Crippen LogP contribution is 2.40. The number of pyridine rings is 2. The van der Waals surface area contributed by atoms with Gasteiger partial charge in [-0.25, -0.2) is 0 Å². The summed E-state index contributed by atoms with van der Waals surface area (Å²) >= 11 is 0. The molecule has 0 radical (unpaired) electrons. The van der Waals surface area contributed by atoms with E-state index < -0.39 is 83.8 Å². The summed E-state index contributed by atoms with van der Waals surface area (Å²) in [5.41, 5.74) is -1.16. The predicted octanol–water partition coefficient (Wildman–Crippen LogP) is 4.68. The van der Waals surface area contributed by atoms with Crippen molar-refractivity contribution in [3.8, 4) is 11.8 Å². The third-order valence-electron chi connectivity index (χ3n) is 13.8. The lowest BCUT2D eigenvalue weighted by atomic mass is 9.77. The van der Waals surface area contributed by atoms with Gasteiger partial charge >= 0.3 is 17.9 Å². The van der Waals surface area contributed by atoms with Crippen LogP contribution in [-0.4, -0.2) is 160 Å². The van der Waals surface area contributed by atoms with Gasteiger partial charge in [-0.2, -0.15) is 0 Å². The fourth-order valence-electron chi connectivity index (χ4n) is 9.95. The molecule has 2 aliphatic rings. The Morgan fingerprint density at radius 3 is 2.43 bits per heavy atom. The van der Waals surface area contributed by atoms with Crippen LogP contribution < -0.4 is 5.32 Å². The van der Waals surface area contributed by atoms with Crippen molar-refractivity contribution in [2.45, 2.75) is 160 Å². The SMILES string of the molecule is CC[C@H]1OC(=O)[C@H](C)[C@@H](OC(=O)Cc2ccccn2)[C@H](C)[C@@H](O[C@@H]2O[C@H](C)C[C@H](N(C)C)[C@H]2O)[C@](C)(OC(=O)CCNCCC#Cc2ccc3ncccc3c2)C[C@@H](C)CN(C)[C@H](C)[C@@H](O)[C@]1(C)O. The van der Waals surface area contributed by atoms with E-state index in [1.54, 1.807) is 65.2 Å². The molecule has 0 spiro atoms. The number of benzene rings is 1. The zero-order valence-corrected chi connectivity index (χ0v) is 42.5. The van der Waals surface area contributed by atoms with Crippen molar-refractivity contribution in [1.82, 2.24) is 25.1 Å². The number of aliphatic hydroxyl groups excluding tert-OH is 2. The highest BCUT2D eigenvalue weighted by molar-refractivity contribution is 5.80. The van der Waals surface area contributed by atoms with Crippen LogP contribution in [0.15, 0.2) is 60.9 Å². The molecule has 2 aromatic heterocycles. The molecule has 16 heteroatoms. The van der Waals surface area contributed by atoms with Crippen LogP contribution >= 0.6 is 0 Å². The van der Waals surface area contributed by atoms with E-state index in [4.69, 9.17) is 23.7 Å². The van der Waals surface area contributed by atoms with Crippen LogP contribution in [0, 0.1) is 29.6 Å². The Labute approximate surface area is 408 Å². The molecular formula is C53H77N5O11. The Kier molecular flexibility index (Phi) is 20.1. The first-order chi connectivity index (χ1) is 32.6. The highest BCUT2D eigenvalue weighted by atomic mass is 16.7. The third kappa shape index (κ3) is 14.7. The number of nitrogens with one attached hydrogen (secondary N) is 1. The Bertz CT molecular complexity index is 2200. The van der Waals surface area contributed by atoms with Crippen molar-refractivity contribution in [2.75, 3.05) is 40.8 Å². The number of likely N-dealkylation sites (N-methyl/N-ethyl adjacent to an activating group) is 2. The second-order valence-corrected chi connectivity index (χ2v) is 20.0. The summed E-state index contributed by atoms with van der Waals surface area (Å²) in [4.78, 5) is 55.1. The van der Waals surface area contributed by atoms with E-state index in [0.717, 1.165) is 16.5 Å². The van der Waals surface area contributed by atoms with E-state index in [9.17, 15) is 29.7 Å². The number of ether oxygens (including phenoxy) is 5. The second kappa shape index (κ2) is 25.0. The van der Waals surface area contributed by atoms with Gasteiger partial charge < -0.3 is 54.1 Å². The molecule has 4 heterocycles. The molecule has 0 amide bonds. The van der Waals surface area contributed by atoms with E-state index in [0.29, 0.717) is 31.6 Å². The molecule has 2 fully saturated rings. The Morgan fingerprint density at radius 2 is 1.74 bits per heavy atom. The maximum atomic E-state index is 14.4. The van der Waals surface area contributed by atoms with Crippen molar-refractivity contribution in [1.29, 1.82) is 0 Å². The maximum Gasteiger partial charge on any atom is 0.312 e. The standard InChI is InChI=1S/C53H77N5O11/c1-12-43-53(8,64)48(62)37(6)58(11)32-33(2)31-52(7,69-44(59)23-27-54-24-15-13-18-38-21-22-41-39(29-38)19-17-26-56-41)49(68-51-46(61)42(57(9)10)28-34(3)65-51)35(4)47(36(5)50(63)66-43)67-45(60)30-40-20-14-16-25-55-40/h14,16-17,19-22,25-26,29,33-37,42-43,46-49,51,54,61-62,64H,12,15,23-24,27-28,30-32H2,1-11H3/t33-,34-,35+,36-,37-,42+,43-,46-,47+,48-,49-,51+,52-,53-/m1/s1. The maximum absolute atomic E-state index is 14.4. The number of cyclic esters (lactones) is 1. The number of rotatable bonds is 13. The number of fused-ring (bicyclic) bond motifs is 1. The quantitative estimate of drug-likeness (QED) is 0.0795. The van der Waals surface area contributed by atoms with Gasteiger partial charge in [0.2, 0.25) is 0 Å². The van der Waals surface area contributed by atoms with Crippen molar-refractivity contribution < 1.29 is 53.4 Å². The van der Waals surface area contributed by atoms with Crippen LogP contribution in [0.1, 0.15) is 98.8 Å². The molecule has 0 bridgehead atoms. The molecule has 2 aliphatic heterocycles. The Hall–Kier alpha value is -4.57. The van der Waals surface area contributed by atoms with Gasteiger partial charge in [-0.15, -0.1) is 0 Å². The first-order valence-electron chi connectivity index (χ1n) is 24.5. The topological polar surface area (TPSA) is 202 Å². The molecule has 16 nitrogen and oxygen atoms in total. The fraction of sp³-hybridized carbons (Fsp3) is 0.642. The van der Waals surface area contributed by atoms with Crippen LogP contribution in [-0.2, 0) is 44.5 Å². The summed E-state index contributed by atoms with van der Waals surface area (Å²) in [6.07, 6.45) is -3.13. The van der Waals surface area contributed by atoms with Crippen LogP contribution in [0.25, 0.3) is 10.9 Å². The summed E-state index contributed by atoms with van der Waals surface area (Å²) < 4.78 is 32.3. The number of aromatic nitrogens is 2. The summed E-state index contributed by atoms with van der Waals surface area (Å²) in [5, 5.41) is 39.8. The number of carbonyl (C=O) groups excluding carboxylic acids is 3. The van der Waals surface area contributed by atoms with Gasteiger partial charge in [-0.3, -0.25) is 24.4 Å². The van der Waals surface area contributed by atoms with E-state index in [1.165, 1.54) is 6.92 Å². The lowest BCUT2D eigenvalue weighted by molar-refractivity contribution is -0.301. The fourth-order valence-corrected chi connectivity index (χ4v) is 9.95. The van der Waals surface area contributed by atoms with E-state index in [-0.39, 0.29) is 50.3 Å². The van der Waals surface area contributed by atoms with E-state index >= 15 is 0 Å². The monoisotopic (exact) mass is 960 g/mol. The first kappa shape index (κ1) is 55.4. The van der Waals surface area contributed by atoms with Gasteiger partial charge in [0, 0.05) is 67.4 Å². The minimum absolute atomic E-state index is 0.0136. The summed E-state index contributed by atoms with van der Waals surface area (Å²) in [6.45, 7) is 15.1. The van der Waals surface area contributed by atoms with Crippen LogP contribution in [0.5, 0.6) is 0 Å². The Morgan fingerprint density at radius 1 is 1.00 bits per heavy atom. The number of hydrogen-bond donors (Lipinski definition) is 4. The predicted molar refractivity (Wildman–Crippen MR) is 261 cm³/mol. The summed E-state index contributed by atoms with van der Waals surface area (Å²) in [5.74, 6) is 2.02. The average Bonchev–Trinajstić information content (AvgIpc) is 3.30. The molecule has 4 N–H and O–H groups in total. The van der Waals surface area contributed by atoms with Crippen molar-refractivity contribution in [3.63, 3.8) is 0 Å². The van der Waals surface area contributed by atoms with E-state index in [2.05, 4.69) is 27.1 Å². The minimum atomic E-state index is -1.88. The molecule has 0 aliphatic carbocycles. The molecule has 380 valence electrons. The van der Waals surface area contributed by atoms with Crippen LogP contribution in [0.4, 0.5) is 0 Å². The minimum Gasteiger partial charge on any atom is -0.461 e. The number of aliphatic hydroxyl groups is 3. The molecule has 5 rings (SSSR count). The number of hydrogen-bond acceptors (Lipinski definition) is 16. The molecule has 0 saturated carbocycles. The largest absolute Gasteiger partial charge is 0.461 e. The zero-order chi connectivity index (χ0) is 50.6. The number of nitrogens with zero attached hydrogens (tertiary/aromatic N) is 4. The first-order valence-corrected chi connectivity index (χ1v) is 24.5. The van der Waals surface area contributed by atoms with Gasteiger partial charge in [0.15, 0.2) is 6.29 Å². The lowest BCUT2D eigenvalue weighted by Gasteiger charge is -2.48. The Balaban J connectivity index is 1.50. The highest BCUT2D eigenvalue weighted by Gasteiger charge is 2.53. The second-order valence-electron chi connectivity index (χ2n) is 20.0. The lowest BCUT2D eigenvalue weighted by Crippen LogP contribution is -2.60. The molecule has 3 aromatic rings. The number of esters is 3.